The Morgan fingerprint density at radius 2 is 1.06 bits per heavy atom. The SMILES string of the molecule is C/C=C(/CCCCCC)CCCCCCCC. The van der Waals surface area contributed by atoms with Crippen LogP contribution >= 0.6 is 0 Å². The van der Waals surface area contributed by atoms with Crippen molar-refractivity contribution in [1.29, 1.82) is 0 Å². The second-order valence-corrected chi connectivity index (χ2v) is 5.28. The molecular formula is C17H34. The zero-order valence-electron chi connectivity index (χ0n) is 12.6. The van der Waals surface area contributed by atoms with Crippen LogP contribution in [0.1, 0.15) is 97.8 Å². The van der Waals surface area contributed by atoms with E-state index in [1.165, 1.54) is 77.0 Å². The van der Waals surface area contributed by atoms with E-state index in [2.05, 4.69) is 26.8 Å². The topological polar surface area (TPSA) is 0 Å². The average Bonchev–Trinajstić information content (AvgIpc) is 2.36. The molecule has 0 nitrogen and oxygen atoms in total. The molecule has 0 saturated carbocycles. The van der Waals surface area contributed by atoms with Crippen molar-refractivity contribution in [2.24, 2.45) is 0 Å². The lowest BCUT2D eigenvalue weighted by atomic mass is 10.00. The first kappa shape index (κ1) is 16.7. The van der Waals surface area contributed by atoms with E-state index in [-0.39, 0.29) is 0 Å². The molecule has 0 saturated heterocycles. The maximum absolute atomic E-state index is 2.36. The van der Waals surface area contributed by atoms with Gasteiger partial charge in [-0.1, -0.05) is 76.9 Å². The number of unbranched alkanes of at least 4 members (excludes halogenated alkanes) is 8. The lowest BCUT2D eigenvalue weighted by molar-refractivity contribution is 0.593. The summed E-state index contributed by atoms with van der Waals surface area (Å²) in [7, 11) is 0. The first-order chi connectivity index (χ1) is 8.35. The van der Waals surface area contributed by atoms with Crippen LogP contribution in [0.25, 0.3) is 0 Å². The van der Waals surface area contributed by atoms with E-state index in [1.54, 1.807) is 5.57 Å². The van der Waals surface area contributed by atoms with E-state index in [0.717, 1.165) is 0 Å². The normalized spacial score (nSPS) is 12.1. The first-order valence-corrected chi connectivity index (χ1v) is 7.99. The summed E-state index contributed by atoms with van der Waals surface area (Å²) in [6, 6.07) is 0. The maximum Gasteiger partial charge on any atom is -0.0320 e. The minimum atomic E-state index is 1.35. The molecule has 0 aromatic carbocycles. The predicted molar refractivity (Wildman–Crippen MR) is 80.5 cm³/mol. The minimum absolute atomic E-state index is 1.35. The van der Waals surface area contributed by atoms with E-state index < -0.39 is 0 Å². The highest BCUT2D eigenvalue weighted by molar-refractivity contribution is 4.99. The van der Waals surface area contributed by atoms with Gasteiger partial charge in [0.1, 0.15) is 0 Å². The molecule has 0 N–H and O–H groups in total. The van der Waals surface area contributed by atoms with Crippen LogP contribution in [0.3, 0.4) is 0 Å². The van der Waals surface area contributed by atoms with Crippen molar-refractivity contribution in [3.63, 3.8) is 0 Å². The van der Waals surface area contributed by atoms with Gasteiger partial charge in [-0.2, -0.15) is 0 Å². The molecule has 0 aliphatic carbocycles. The van der Waals surface area contributed by atoms with Crippen molar-refractivity contribution < 1.29 is 0 Å². The predicted octanol–water partition coefficient (Wildman–Crippen LogP) is 6.65. The van der Waals surface area contributed by atoms with Gasteiger partial charge in [0.05, 0.1) is 0 Å². The zero-order valence-corrected chi connectivity index (χ0v) is 12.6. The summed E-state index contributed by atoms with van der Waals surface area (Å²) in [6.45, 7) is 6.79. The highest BCUT2D eigenvalue weighted by atomic mass is 14.0. The van der Waals surface area contributed by atoms with Crippen LogP contribution in [-0.2, 0) is 0 Å². The van der Waals surface area contributed by atoms with Crippen molar-refractivity contribution in [2.75, 3.05) is 0 Å². The third-order valence-electron chi connectivity index (χ3n) is 3.61. The largest absolute Gasteiger partial charge is 0.0885 e. The second kappa shape index (κ2) is 13.8. The third-order valence-corrected chi connectivity index (χ3v) is 3.61. The Labute approximate surface area is 110 Å². The summed E-state index contributed by atoms with van der Waals surface area (Å²) in [4.78, 5) is 0. The standard InChI is InChI=1S/C17H34/c1-4-7-9-11-12-14-16-17(6-3)15-13-10-8-5-2/h6H,4-5,7-16H2,1-3H3/b17-6-. The van der Waals surface area contributed by atoms with Gasteiger partial charge in [0.25, 0.3) is 0 Å². The Morgan fingerprint density at radius 3 is 1.53 bits per heavy atom. The molecule has 0 aromatic heterocycles. The number of allylic oxidation sites excluding steroid dienone is 2. The van der Waals surface area contributed by atoms with Gasteiger partial charge in [-0.25, -0.2) is 0 Å². The van der Waals surface area contributed by atoms with Crippen LogP contribution in [0.4, 0.5) is 0 Å². The Morgan fingerprint density at radius 1 is 0.647 bits per heavy atom. The fraction of sp³-hybridized carbons (Fsp3) is 0.882. The monoisotopic (exact) mass is 238 g/mol. The molecule has 17 heavy (non-hydrogen) atoms. The van der Waals surface area contributed by atoms with E-state index >= 15 is 0 Å². The summed E-state index contributed by atoms with van der Waals surface area (Å²) >= 11 is 0. The van der Waals surface area contributed by atoms with Gasteiger partial charge >= 0.3 is 0 Å². The number of rotatable bonds is 12. The summed E-state index contributed by atoms with van der Waals surface area (Å²) in [5.41, 5.74) is 1.71. The molecule has 0 aliphatic heterocycles. The van der Waals surface area contributed by atoms with Crippen LogP contribution in [0.15, 0.2) is 11.6 Å². The van der Waals surface area contributed by atoms with E-state index in [1.807, 2.05) is 0 Å². The van der Waals surface area contributed by atoms with Crippen molar-refractivity contribution in [1.82, 2.24) is 0 Å². The molecule has 0 heteroatoms. The molecule has 102 valence electrons. The fourth-order valence-electron chi connectivity index (χ4n) is 2.32. The Kier molecular flexibility index (Phi) is 13.6. The van der Waals surface area contributed by atoms with Gasteiger partial charge in [0.2, 0.25) is 0 Å². The van der Waals surface area contributed by atoms with Crippen LogP contribution in [-0.4, -0.2) is 0 Å². The van der Waals surface area contributed by atoms with E-state index in [4.69, 9.17) is 0 Å². The highest BCUT2D eigenvalue weighted by Crippen LogP contribution is 2.17. The average molecular weight is 238 g/mol. The summed E-state index contributed by atoms with van der Waals surface area (Å²) in [5.74, 6) is 0. The molecule has 0 aliphatic rings. The second-order valence-electron chi connectivity index (χ2n) is 5.28. The lowest BCUT2D eigenvalue weighted by Crippen LogP contribution is -1.87. The molecule has 0 aromatic rings. The van der Waals surface area contributed by atoms with Gasteiger partial charge < -0.3 is 0 Å². The quantitative estimate of drug-likeness (QED) is 0.263. The highest BCUT2D eigenvalue weighted by Gasteiger charge is 1.97. The van der Waals surface area contributed by atoms with E-state index in [0.29, 0.717) is 0 Å². The molecule has 0 rings (SSSR count). The van der Waals surface area contributed by atoms with Crippen molar-refractivity contribution in [3.8, 4) is 0 Å². The van der Waals surface area contributed by atoms with Gasteiger partial charge in [0.15, 0.2) is 0 Å². The number of hydrogen-bond donors (Lipinski definition) is 0. The summed E-state index contributed by atoms with van der Waals surface area (Å²) in [5, 5.41) is 0. The van der Waals surface area contributed by atoms with Gasteiger partial charge in [-0.15, -0.1) is 0 Å². The van der Waals surface area contributed by atoms with Gasteiger partial charge in [0, 0.05) is 0 Å². The number of hydrogen-bond acceptors (Lipinski definition) is 0. The smallest absolute Gasteiger partial charge is 0.0320 e. The van der Waals surface area contributed by atoms with Crippen LogP contribution < -0.4 is 0 Å². The maximum atomic E-state index is 2.36. The molecule has 0 fully saturated rings. The Hall–Kier alpha value is -0.260. The lowest BCUT2D eigenvalue weighted by Gasteiger charge is -2.07. The van der Waals surface area contributed by atoms with Crippen LogP contribution in [0.2, 0.25) is 0 Å². The van der Waals surface area contributed by atoms with Crippen LogP contribution in [0, 0.1) is 0 Å². The zero-order chi connectivity index (χ0) is 12.8. The molecule has 0 radical (unpaired) electrons. The summed E-state index contributed by atoms with van der Waals surface area (Å²) in [6.07, 6.45) is 19.2. The minimum Gasteiger partial charge on any atom is -0.0885 e. The van der Waals surface area contributed by atoms with Gasteiger partial charge in [-0.3, -0.25) is 0 Å². The fourth-order valence-corrected chi connectivity index (χ4v) is 2.32. The van der Waals surface area contributed by atoms with Crippen molar-refractivity contribution in [3.05, 3.63) is 11.6 Å². The van der Waals surface area contributed by atoms with Crippen molar-refractivity contribution in [2.45, 2.75) is 97.8 Å². The summed E-state index contributed by atoms with van der Waals surface area (Å²) < 4.78 is 0. The molecule has 0 heterocycles. The Balaban J connectivity index is 3.36. The molecule has 0 unspecified atom stereocenters. The van der Waals surface area contributed by atoms with Gasteiger partial charge in [-0.05, 0) is 32.6 Å². The molecule has 0 spiro atoms. The Bertz CT molecular complexity index is 167. The molecule has 0 atom stereocenters. The molecule has 0 amide bonds. The van der Waals surface area contributed by atoms with E-state index in [9.17, 15) is 0 Å². The molecular weight excluding hydrogens is 204 g/mol. The molecule has 0 bridgehead atoms. The third kappa shape index (κ3) is 12.0. The van der Waals surface area contributed by atoms with Crippen molar-refractivity contribution >= 4 is 0 Å². The first-order valence-electron chi connectivity index (χ1n) is 7.99. The van der Waals surface area contributed by atoms with Crippen LogP contribution in [0.5, 0.6) is 0 Å².